The number of hydrogen-bond donors (Lipinski definition) is 0. The second-order valence-electron chi connectivity index (χ2n) is 6.49. The van der Waals surface area contributed by atoms with E-state index < -0.39 is 3.79 Å². The molecule has 8 heteroatoms. The van der Waals surface area contributed by atoms with Gasteiger partial charge < -0.3 is 9.64 Å². The number of rotatable bonds is 8. The molecule has 0 saturated carbocycles. The molecule has 1 aromatic heterocycles. The Hall–Kier alpha value is -1.27. The lowest BCUT2D eigenvalue weighted by atomic mass is 10.0. The van der Waals surface area contributed by atoms with Crippen LogP contribution in [0, 0.1) is 5.92 Å². The zero-order chi connectivity index (χ0) is 20.7. The molecule has 1 amide bonds. The van der Waals surface area contributed by atoms with Crippen LogP contribution in [0.2, 0.25) is 0 Å². The Morgan fingerprint density at radius 2 is 2.00 bits per heavy atom. The molecule has 2 aromatic rings. The lowest BCUT2D eigenvalue weighted by molar-refractivity contribution is -0.127. The predicted octanol–water partition coefficient (Wildman–Crippen LogP) is 5.81. The van der Waals surface area contributed by atoms with Crippen molar-refractivity contribution in [3.63, 3.8) is 0 Å². The average Bonchev–Trinajstić information content (AvgIpc) is 3.19. The number of benzene rings is 1. The first-order chi connectivity index (χ1) is 13.2. The van der Waals surface area contributed by atoms with Crippen LogP contribution in [0.15, 0.2) is 53.7 Å². The number of allylic oxidation sites excluding steroid dienone is 1. The van der Waals surface area contributed by atoms with Gasteiger partial charge >= 0.3 is 0 Å². The summed E-state index contributed by atoms with van der Waals surface area (Å²) >= 11 is 19.3. The second kappa shape index (κ2) is 10.5. The van der Waals surface area contributed by atoms with E-state index in [-0.39, 0.29) is 17.9 Å². The largest absolute Gasteiger partial charge is 0.501 e. The minimum Gasteiger partial charge on any atom is -0.501 e. The van der Waals surface area contributed by atoms with Gasteiger partial charge in [-0.1, -0.05) is 72.1 Å². The third-order valence-corrected chi connectivity index (χ3v) is 6.43. The van der Waals surface area contributed by atoms with Crippen molar-refractivity contribution in [1.82, 2.24) is 9.88 Å². The number of thiazole rings is 1. The molecule has 28 heavy (non-hydrogen) atoms. The first kappa shape index (κ1) is 23.0. The fourth-order valence-electron chi connectivity index (χ4n) is 2.64. The smallest absolute Gasteiger partial charge is 0.250 e. The molecule has 4 nitrogen and oxygen atoms in total. The number of carbonyl (C=O) groups excluding carboxylic acids is 1. The maximum atomic E-state index is 12.9. The molecule has 0 fully saturated rings. The minimum absolute atomic E-state index is 0.185. The summed E-state index contributed by atoms with van der Waals surface area (Å²) < 4.78 is 3.92. The van der Waals surface area contributed by atoms with Crippen LogP contribution >= 0.6 is 46.1 Å². The molecule has 2 rings (SSSR count). The molecule has 1 aromatic carbocycles. The Labute approximate surface area is 185 Å². The van der Waals surface area contributed by atoms with Crippen molar-refractivity contribution in [2.24, 2.45) is 5.92 Å². The number of amides is 1. The highest BCUT2D eigenvalue weighted by molar-refractivity contribution is 7.09. The van der Waals surface area contributed by atoms with E-state index in [4.69, 9.17) is 39.5 Å². The highest BCUT2D eigenvalue weighted by Crippen LogP contribution is 2.38. The van der Waals surface area contributed by atoms with Gasteiger partial charge in [-0.3, -0.25) is 4.79 Å². The third kappa shape index (κ3) is 6.66. The number of hydrogen-bond acceptors (Lipinski definition) is 4. The van der Waals surface area contributed by atoms with Crippen LogP contribution in [0.1, 0.15) is 30.0 Å². The van der Waals surface area contributed by atoms with E-state index in [9.17, 15) is 4.79 Å². The summed E-state index contributed by atoms with van der Waals surface area (Å²) in [4.78, 5) is 19.0. The lowest BCUT2D eigenvalue weighted by Crippen LogP contribution is -2.31. The molecule has 2 atom stereocenters. The van der Waals surface area contributed by atoms with Crippen LogP contribution in [-0.2, 0) is 16.0 Å². The summed E-state index contributed by atoms with van der Waals surface area (Å²) in [5.41, 5.74) is 1.13. The number of aromatic nitrogens is 1. The molecular weight excluding hydrogens is 439 g/mol. The van der Waals surface area contributed by atoms with Crippen molar-refractivity contribution < 1.29 is 9.53 Å². The van der Waals surface area contributed by atoms with Crippen LogP contribution in [0.3, 0.4) is 0 Å². The van der Waals surface area contributed by atoms with Gasteiger partial charge in [0.05, 0.1) is 13.2 Å². The van der Waals surface area contributed by atoms with Crippen LogP contribution < -0.4 is 0 Å². The summed E-state index contributed by atoms with van der Waals surface area (Å²) in [7, 11) is 3.27. The van der Waals surface area contributed by atoms with Crippen LogP contribution in [0.5, 0.6) is 0 Å². The molecule has 152 valence electrons. The zero-order valence-corrected chi connectivity index (χ0v) is 19.0. The SMILES string of the molecule is CO/C(=C/C(=O)N(C)C(Cc1ccccc1)c1nccs1)CC(C)C(Cl)(Cl)Cl. The summed E-state index contributed by atoms with van der Waals surface area (Å²) in [5.74, 6) is -0.0290. The van der Waals surface area contributed by atoms with Gasteiger partial charge in [0.15, 0.2) is 3.79 Å². The van der Waals surface area contributed by atoms with E-state index in [0.29, 0.717) is 18.6 Å². The Bertz CT molecular complexity index is 777. The Morgan fingerprint density at radius 1 is 1.32 bits per heavy atom. The molecule has 0 saturated heterocycles. The highest BCUT2D eigenvalue weighted by Gasteiger charge is 2.30. The number of nitrogens with zero attached hydrogens (tertiary/aromatic N) is 2. The van der Waals surface area contributed by atoms with Crippen molar-refractivity contribution in [1.29, 1.82) is 0 Å². The minimum atomic E-state index is -1.43. The fraction of sp³-hybridized carbons (Fsp3) is 0.400. The number of likely N-dealkylation sites (N-methyl/N-ethyl adjacent to an activating group) is 1. The van der Waals surface area contributed by atoms with Gasteiger partial charge in [-0.05, 0) is 12.0 Å². The molecule has 0 aliphatic carbocycles. The van der Waals surface area contributed by atoms with Crippen LogP contribution in [-0.4, -0.2) is 33.7 Å². The van der Waals surface area contributed by atoms with Gasteiger partial charge in [-0.2, -0.15) is 0 Å². The maximum Gasteiger partial charge on any atom is 0.250 e. The van der Waals surface area contributed by atoms with E-state index >= 15 is 0 Å². The van der Waals surface area contributed by atoms with E-state index in [0.717, 1.165) is 10.6 Å². The van der Waals surface area contributed by atoms with E-state index in [1.807, 2.05) is 35.7 Å². The van der Waals surface area contributed by atoms with Crippen molar-refractivity contribution in [2.45, 2.75) is 29.6 Å². The number of ether oxygens (including phenoxy) is 1. The summed E-state index contributed by atoms with van der Waals surface area (Å²) in [6, 6.07) is 9.83. The van der Waals surface area contributed by atoms with Crippen LogP contribution in [0.25, 0.3) is 0 Å². The van der Waals surface area contributed by atoms with E-state index in [2.05, 4.69) is 4.98 Å². The Morgan fingerprint density at radius 3 is 2.54 bits per heavy atom. The van der Waals surface area contributed by atoms with Gasteiger partial charge in [0.1, 0.15) is 10.8 Å². The van der Waals surface area contributed by atoms with Gasteiger partial charge in [0.25, 0.3) is 0 Å². The first-order valence-corrected chi connectivity index (χ1v) is 10.7. The number of methoxy groups -OCH3 is 1. The van der Waals surface area contributed by atoms with Crippen molar-refractivity contribution in [3.8, 4) is 0 Å². The topological polar surface area (TPSA) is 42.4 Å². The van der Waals surface area contributed by atoms with Crippen molar-refractivity contribution in [2.75, 3.05) is 14.2 Å². The standard InChI is InChI=1S/C20H23Cl3N2O2S/c1-14(20(21,22)23)11-16(27-3)13-18(26)25(2)17(19-24-9-10-28-19)12-15-7-5-4-6-8-15/h4-10,13-14,17H,11-12H2,1-3H3/b16-13+. The quantitative estimate of drug-likeness (QED) is 0.283. The summed E-state index contributed by atoms with van der Waals surface area (Å²) in [5, 5.41) is 2.78. The van der Waals surface area contributed by atoms with Crippen LogP contribution in [0.4, 0.5) is 0 Å². The fourth-order valence-corrected chi connectivity index (χ4v) is 3.65. The van der Waals surface area contributed by atoms with E-state index in [1.54, 1.807) is 25.1 Å². The predicted molar refractivity (Wildman–Crippen MR) is 117 cm³/mol. The third-order valence-electron chi connectivity index (χ3n) is 4.44. The van der Waals surface area contributed by atoms with Gasteiger partial charge in [-0.25, -0.2) is 4.98 Å². The zero-order valence-electron chi connectivity index (χ0n) is 15.9. The molecule has 2 unspecified atom stereocenters. The molecule has 0 radical (unpaired) electrons. The molecular formula is C20H23Cl3N2O2S. The highest BCUT2D eigenvalue weighted by atomic mass is 35.6. The Kier molecular flexibility index (Phi) is 8.62. The van der Waals surface area contributed by atoms with Gasteiger partial charge in [-0.15, -0.1) is 11.3 Å². The lowest BCUT2D eigenvalue weighted by Gasteiger charge is -2.26. The maximum absolute atomic E-state index is 12.9. The van der Waals surface area contributed by atoms with Crippen molar-refractivity contribution >= 4 is 52.0 Å². The normalized spacial score (nSPS) is 14.4. The molecule has 1 heterocycles. The molecule has 0 bridgehead atoms. The average molecular weight is 462 g/mol. The summed E-state index contributed by atoms with van der Waals surface area (Å²) in [6.45, 7) is 1.79. The molecule has 0 N–H and O–H groups in total. The van der Waals surface area contributed by atoms with Gasteiger partial charge in [0.2, 0.25) is 5.91 Å². The first-order valence-electron chi connectivity index (χ1n) is 8.73. The molecule has 0 aliphatic rings. The monoisotopic (exact) mass is 460 g/mol. The summed E-state index contributed by atoms with van der Waals surface area (Å²) in [6.07, 6.45) is 4.21. The number of alkyl halides is 3. The number of carbonyl (C=O) groups is 1. The molecule has 0 aliphatic heterocycles. The van der Waals surface area contributed by atoms with E-state index in [1.165, 1.54) is 24.5 Å². The Balaban J connectivity index is 2.20. The van der Waals surface area contributed by atoms with Gasteiger partial charge in [0, 0.05) is 37.0 Å². The molecule has 0 spiro atoms. The second-order valence-corrected chi connectivity index (χ2v) is 9.78. The number of halogens is 3. The van der Waals surface area contributed by atoms with Crippen molar-refractivity contribution in [3.05, 3.63) is 64.3 Å².